The van der Waals surface area contributed by atoms with Crippen LogP contribution in [0.3, 0.4) is 0 Å². The minimum atomic E-state index is 0.663. The van der Waals surface area contributed by atoms with Gasteiger partial charge in [0.15, 0.2) is 0 Å². The summed E-state index contributed by atoms with van der Waals surface area (Å²) in [6, 6.07) is 6.52. The van der Waals surface area contributed by atoms with Crippen LogP contribution in [0.25, 0.3) is 0 Å². The number of benzene rings is 1. The van der Waals surface area contributed by atoms with Crippen molar-refractivity contribution in [2.75, 3.05) is 26.4 Å². The van der Waals surface area contributed by atoms with Crippen molar-refractivity contribution in [2.45, 2.75) is 25.8 Å². The Kier molecular flexibility index (Phi) is 3.81. The molecule has 1 aromatic rings. The average molecular weight is 247 g/mol. The normalized spacial score (nSPS) is 20.4. The molecule has 18 heavy (non-hydrogen) atoms. The largest absolute Gasteiger partial charge is 0.493 e. The van der Waals surface area contributed by atoms with Gasteiger partial charge < -0.3 is 14.8 Å². The van der Waals surface area contributed by atoms with Gasteiger partial charge in [-0.2, -0.15) is 0 Å². The quantitative estimate of drug-likeness (QED) is 0.887. The van der Waals surface area contributed by atoms with Crippen molar-refractivity contribution in [1.29, 1.82) is 0 Å². The summed E-state index contributed by atoms with van der Waals surface area (Å²) in [6.45, 7) is 4.69. The van der Waals surface area contributed by atoms with Crippen molar-refractivity contribution in [3.63, 3.8) is 0 Å². The van der Waals surface area contributed by atoms with Crippen molar-refractivity contribution in [2.24, 2.45) is 5.92 Å². The first-order valence-corrected chi connectivity index (χ1v) is 6.95. The predicted octanol–water partition coefficient (Wildman–Crippen LogP) is 2.14. The average Bonchev–Trinajstić information content (AvgIpc) is 2.46. The lowest BCUT2D eigenvalue weighted by molar-refractivity contribution is 0.0497. The fourth-order valence-corrected chi connectivity index (χ4v) is 2.67. The Hall–Kier alpha value is -1.06. The van der Waals surface area contributed by atoms with Gasteiger partial charge in [-0.05, 0) is 55.0 Å². The van der Waals surface area contributed by atoms with E-state index in [4.69, 9.17) is 9.47 Å². The first-order chi connectivity index (χ1) is 8.92. The molecule has 0 bridgehead atoms. The number of ether oxygens (including phenoxy) is 2. The van der Waals surface area contributed by atoms with Gasteiger partial charge in [0.1, 0.15) is 5.75 Å². The minimum Gasteiger partial charge on any atom is -0.493 e. The van der Waals surface area contributed by atoms with Gasteiger partial charge in [-0.15, -0.1) is 0 Å². The lowest BCUT2D eigenvalue weighted by Crippen LogP contribution is -2.24. The number of hydrogen-bond donors (Lipinski definition) is 1. The van der Waals surface area contributed by atoms with E-state index in [0.717, 1.165) is 57.9 Å². The van der Waals surface area contributed by atoms with E-state index >= 15 is 0 Å². The molecule has 0 amide bonds. The molecule has 1 N–H and O–H groups in total. The van der Waals surface area contributed by atoms with E-state index in [2.05, 4.69) is 23.5 Å². The summed E-state index contributed by atoms with van der Waals surface area (Å²) in [6.07, 6.45) is 3.38. The summed E-state index contributed by atoms with van der Waals surface area (Å²) in [5, 5.41) is 3.39. The predicted molar refractivity (Wildman–Crippen MR) is 70.9 cm³/mol. The van der Waals surface area contributed by atoms with Crippen molar-refractivity contribution in [3.05, 3.63) is 29.3 Å². The third kappa shape index (κ3) is 2.85. The number of nitrogens with one attached hydrogen (secondary N) is 1. The maximum atomic E-state index is 5.94. The zero-order valence-electron chi connectivity index (χ0n) is 10.8. The van der Waals surface area contributed by atoms with Gasteiger partial charge in [-0.3, -0.25) is 0 Å². The Bertz CT molecular complexity index is 399. The van der Waals surface area contributed by atoms with Crippen LogP contribution in [0.4, 0.5) is 0 Å². The number of hydrogen-bond acceptors (Lipinski definition) is 3. The van der Waals surface area contributed by atoms with Crippen LogP contribution in [0.15, 0.2) is 18.2 Å². The van der Waals surface area contributed by atoms with Crippen molar-refractivity contribution in [3.8, 4) is 5.75 Å². The van der Waals surface area contributed by atoms with E-state index in [1.165, 1.54) is 11.1 Å². The smallest absolute Gasteiger partial charge is 0.119 e. The van der Waals surface area contributed by atoms with Crippen LogP contribution >= 0.6 is 0 Å². The summed E-state index contributed by atoms with van der Waals surface area (Å²) in [7, 11) is 0. The zero-order valence-corrected chi connectivity index (χ0v) is 10.8. The fraction of sp³-hybridized carbons (Fsp3) is 0.600. The van der Waals surface area contributed by atoms with Gasteiger partial charge >= 0.3 is 0 Å². The van der Waals surface area contributed by atoms with Crippen LogP contribution in [0.5, 0.6) is 5.75 Å². The summed E-state index contributed by atoms with van der Waals surface area (Å²) in [5.41, 5.74) is 2.86. The monoisotopic (exact) mass is 247 g/mol. The molecule has 3 rings (SSSR count). The molecule has 2 heterocycles. The van der Waals surface area contributed by atoms with Gasteiger partial charge in [0.05, 0.1) is 6.61 Å². The standard InChI is InChI=1S/C15H21NO2/c1-2-15(9-13-3-6-16-10-14(1)13)18-11-12-4-7-17-8-5-12/h1-2,9,12,16H,3-8,10-11H2. The Morgan fingerprint density at radius 3 is 3.00 bits per heavy atom. The van der Waals surface area contributed by atoms with Crippen LogP contribution in [0.2, 0.25) is 0 Å². The van der Waals surface area contributed by atoms with E-state index in [1.807, 2.05) is 0 Å². The molecule has 2 aliphatic rings. The number of fused-ring (bicyclic) bond motifs is 1. The van der Waals surface area contributed by atoms with Crippen LogP contribution in [-0.2, 0) is 17.7 Å². The molecule has 0 unspecified atom stereocenters. The molecule has 3 nitrogen and oxygen atoms in total. The zero-order chi connectivity index (χ0) is 12.2. The van der Waals surface area contributed by atoms with Crippen LogP contribution in [0.1, 0.15) is 24.0 Å². The summed E-state index contributed by atoms with van der Waals surface area (Å²) in [4.78, 5) is 0. The summed E-state index contributed by atoms with van der Waals surface area (Å²) < 4.78 is 11.3. The molecule has 0 saturated carbocycles. The van der Waals surface area contributed by atoms with E-state index in [0.29, 0.717) is 5.92 Å². The first-order valence-electron chi connectivity index (χ1n) is 6.95. The molecule has 0 radical (unpaired) electrons. The molecule has 1 fully saturated rings. The molecule has 0 atom stereocenters. The second kappa shape index (κ2) is 5.72. The molecule has 1 saturated heterocycles. The maximum absolute atomic E-state index is 5.94. The van der Waals surface area contributed by atoms with Gasteiger partial charge in [0.25, 0.3) is 0 Å². The van der Waals surface area contributed by atoms with Crippen molar-refractivity contribution >= 4 is 0 Å². The van der Waals surface area contributed by atoms with Crippen LogP contribution < -0.4 is 10.1 Å². The molecule has 0 aliphatic carbocycles. The van der Waals surface area contributed by atoms with Gasteiger partial charge in [0.2, 0.25) is 0 Å². The van der Waals surface area contributed by atoms with Crippen molar-refractivity contribution < 1.29 is 9.47 Å². The minimum absolute atomic E-state index is 0.663. The van der Waals surface area contributed by atoms with Crippen LogP contribution in [0, 0.1) is 5.92 Å². The molecular weight excluding hydrogens is 226 g/mol. The number of rotatable bonds is 3. The van der Waals surface area contributed by atoms with E-state index < -0.39 is 0 Å². The molecular formula is C15H21NO2. The highest BCUT2D eigenvalue weighted by Gasteiger charge is 2.15. The van der Waals surface area contributed by atoms with Crippen LogP contribution in [-0.4, -0.2) is 26.4 Å². The van der Waals surface area contributed by atoms with E-state index in [1.54, 1.807) is 0 Å². The molecule has 2 aliphatic heterocycles. The topological polar surface area (TPSA) is 30.5 Å². The lowest BCUT2D eigenvalue weighted by Gasteiger charge is -2.23. The lowest BCUT2D eigenvalue weighted by atomic mass is 10.0. The van der Waals surface area contributed by atoms with Crippen molar-refractivity contribution in [1.82, 2.24) is 5.32 Å². The highest BCUT2D eigenvalue weighted by Crippen LogP contribution is 2.22. The molecule has 3 heteroatoms. The molecule has 0 spiro atoms. The Morgan fingerprint density at radius 2 is 2.11 bits per heavy atom. The SMILES string of the molecule is c1cc2c(cc1OCC1CCOCC1)CCNC2. The highest BCUT2D eigenvalue weighted by atomic mass is 16.5. The molecule has 1 aromatic carbocycles. The van der Waals surface area contributed by atoms with E-state index in [9.17, 15) is 0 Å². The van der Waals surface area contributed by atoms with E-state index in [-0.39, 0.29) is 0 Å². The second-order valence-electron chi connectivity index (χ2n) is 5.22. The highest BCUT2D eigenvalue weighted by molar-refractivity contribution is 5.37. The maximum Gasteiger partial charge on any atom is 0.119 e. The Morgan fingerprint density at radius 1 is 1.22 bits per heavy atom. The van der Waals surface area contributed by atoms with Gasteiger partial charge in [-0.1, -0.05) is 6.07 Å². The third-order valence-corrected chi connectivity index (χ3v) is 3.89. The van der Waals surface area contributed by atoms with Gasteiger partial charge in [0, 0.05) is 19.8 Å². The second-order valence-corrected chi connectivity index (χ2v) is 5.22. The third-order valence-electron chi connectivity index (χ3n) is 3.89. The molecule has 0 aromatic heterocycles. The van der Waals surface area contributed by atoms with Gasteiger partial charge in [-0.25, -0.2) is 0 Å². The Labute approximate surface area is 108 Å². The first kappa shape index (κ1) is 12.0. The fourth-order valence-electron chi connectivity index (χ4n) is 2.67. The summed E-state index contributed by atoms with van der Waals surface area (Å²) in [5.74, 6) is 1.69. The Balaban J connectivity index is 1.58. The summed E-state index contributed by atoms with van der Waals surface area (Å²) >= 11 is 0. The molecule has 98 valence electrons.